The molecule has 0 saturated carbocycles. The van der Waals surface area contributed by atoms with E-state index >= 15 is 0 Å². The lowest BCUT2D eigenvalue weighted by molar-refractivity contribution is -0.133. The molecule has 0 aliphatic carbocycles. The molecule has 0 atom stereocenters. The molecule has 0 saturated heterocycles. The van der Waals surface area contributed by atoms with Gasteiger partial charge in [0, 0.05) is 11.9 Å². The third-order valence-electron chi connectivity index (χ3n) is 3.44. The molecule has 3 rings (SSSR count). The highest BCUT2D eigenvalue weighted by atomic mass is 32.1. The fraction of sp³-hybridized carbons (Fsp3) is 0.235. The maximum atomic E-state index is 12.3. The summed E-state index contributed by atoms with van der Waals surface area (Å²) < 4.78 is 5.19. The van der Waals surface area contributed by atoms with Crippen LogP contribution in [0.5, 0.6) is 0 Å². The molecule has 0 aliphatic heterocycles. The summed E-state index contributed by atoms with van der Waals surface area (Å²) in [6.07, 6.45) is 0. The van der Waals surface area contributed by atoms with Crippen LogP contribution in [0.4, 0.5) is 0 Å². The van der Waals surface area contributed by atoms with Gasteiger partial charge in [0.2, 0.25) is 0 Å². The van der Waals surface area contributed by atoms with Crippen LogP contribution >= 0.6 is 34.0 Å². The Kier molecular flexibility index (Phi) is 5.62. The fourth-order valence-corrected chi connectivity index (χ4v) is 4.63. The quantitative estimate of drug-likeness (QED) is 0.594. The maximum Gasteiger partial charge on any atom is 0.350 e. The molecule has 5 nitrogen and oxygen atoms in total. The second-order valence-electron chi connectivity index (χ2n) is 5.32. The van der Waals surface area contributed by atoms with Crippen LogP contribution in [-0.4, -0.2) is 35.4 Å². The van der Waals surface area contributed by atoms with Crippen molar-refractivity contribution in [1.29, 1.82) is 0 Å². The van der Waals surface area contributed by atoms with Gasteiger partial charge in [0.1, 0.15) is 9.88 Å². The number of aromatic nitrogens is 1. The Morgan fingerprint density at radius 1 is 1.20 bits per heavy atom. The standard InChI is InChI=1S/C17H16N2O3S3/c1-11-15(25-16(18-11)13-6-4-8-24-13)17(21)22-10-14(20)19(2)9-12-5-3-7-23-12/h3-8H,9-10H2,1-2H3. The molecular weight excluding hydrogens is 376 g/mol. The molecule has 25 heavy (non-hydrogen) atoms. The van der Waals surface area contributed by atoms with Crippen LogP contribution < -0.4 is 0 Å². The van der Waals surface area contributed by atoms with Gasteiger partial charge in [-0.25, -0.2) is 9.78 Å². The van der Waals surface area contributed by atoms with Crippen LogP contribution in [0.25, 0.3) is 9.88 Å². The van der Waals surface area contributed by atoms with E-state index in [4.69, 9.17) is 4.74 Å². The lowest BCUT2D eigenvalue weighted by Crippen LogP contribution is -2.30. The number of thiophene rings is 2. The Bertz CT molecular complexity index is 854. The van der Waals surface area contributed by atoms with E-state index in [1.54, 1.807) is 41.5 Å². The second-order valence-corrected chi connectivity index (χ2v) is 8.30. The Hall–Kier alpha value is -2.03. The van der Waals surface area contributed by atoms with Crippen LogP contribution in [0.2, 0.25) is 0 Å². The van der Waals surface area contributed by atoms with Crippen molar-refractivity contribution in [2.75, 3.05) is 13.7 Å². The molecule has 8 heteroatoms. The van der Waals surface area contributed by atoms with Crippen LogP contribution in [0, 0.1) is 6.92 Å². The van der Waals surface area contributed by atoms with Gasteiger partial charge in [-0.05, 0) is 29.8 Å². The Morgan fingerprint density at radius 2 is 1.96 bits per heavy atom. The maximum absolute atomic E-state index is 12.3. The number of nitrogens with zero attached hydrogens (tertiary/aromatic N) is 2. The van der Waals surface area contributed by atoms with E-state index in [1.807, 2.05) is 35.0 Å². The predicted molar refractivity (Wildman–Crippen MR) is 101 cm³/mol. The lowest BCUT2D eigenvalue weighted by atomic mass is 10.4. The van der Waals surface area contributed by atoms with Crippen molar-refractivity contribution in [3.05, 3.63) is 50.5 Å². The first kappa shape index (κ1) is 17.8. The summed E-state index contributed by atoms with van der Waals surface area (Å²) in [6.45, 7) is 2.01. The summed E-state index contributed by atoms with van der Waals surface area (Å²) in [5, 5.41) is 4.72. The smallest absolute Gasteiger partial charge is 0.350 e. The zero-order chi connectivity index (χ0) is 17.8. The summed E-state index contributed by atoms with van der Waals surface area (Å²) in [7, 11) is 1.70. The molecule has 0 unspecified atom stereocenters. The highest BCUT2D eigenvalue weighted by molar-refractivity contribution is 7.22. The number of hydrogen-bond donors (Lipinski definition) is 0. The number of esters is 1. The van der Waals surface area contributed by atoms with E-state index in [0.717, 1.165) is 14.8 Å². The van der Waals surface area contributed by atoms with Gasteiger partial charge in [-0.15, -0.1) is 34.0 Å². The minimum absolute atomic E-state index is 0.234. The molecule has 0 spiro atoms. The SMILES string of the molecule is Cc1nc(-c2cccs2)sc1C(=O)OCC(=O)N(C)Cc1cccs1. The van der Waals surface area contributed by atoms with Crippen molar-refractivity contribution in [3.63, 3.8) is 0 Å². The van der Waals surface area contributed by atoms with E-state index in [0.29, 0.717) is 17.1 Å². The largest absolute Gasteiger partial charge is 0.451 e. The molecule has 0 aliphatic rings. The summed E-state index contributed by atoms with van der Waals surface area (Å²) in [5.41, 5.74) is 0.623. The Morgan fingerprint density at radius 3 is 2.64 bits per heavy atom. The minimum atomic E-state index is -0.504. The minimum Gasteiger partial charge on any atom is -0.451 e. The number of amides is 1. The van der Waals surface area contributed by atoms with Crippen molar-refractivity contribution in [3.8, 4) is 9.88 Å². The number of carbonyl (C=O) groups is 2. The number of likely N-dealkylation sites (N-methyl/N-ethyl adjacent to an activating group) is 1. The van der Waals surface area contributed by atoms with Gasteiger partial charge in [0.05, 0.1) is 17.1 Å². The highest BCUT2D eigenvalue weighted by Crippen LogP contribution is 2.31. The van der Waals surface area contributed by atoms with Gasteiger partial charge in [-0.1, -0.05) is 12.1 Å². The summed E-state index contributed by atoms with van der Waals surface area (Å²) in [5.74, 6) is -0.738. The predicted octanol–water partition coefficient (Wildman–Crippen LogP) is 4.06. The normalized spacial score (nSPS) is 10.6. The highest BCUT2D eigenvalue weighted by Gasteiger charge is 2.20. The number of carbonyl (C=O) groups excluding carboxylic acids is 2. The van der Waals surface area contributed by atoms with Crippen molar-refractivity contribution in [1.82, 2.24) is 9.88 Å². The molecule has 130 valence electrons. The first-order valence-electron chi connectivity index (χ1n) is 7.49. The van der Waals surface area contributed by atoms with E-state index in [1.165, 1.54) is 11.3 Å². The van der Waals surface area contributed by atoms with Crippen molar-refractivity contribution in [2.24, 2.45) is 0 Å². The van der Waals surface area contributed by atoms with Gasteiger partial charge in [0.15, 0.2) is 6.61 Å². The molecule has 3 heterocycles. The topological polar surface area (TPSA) is 59.5 Å². The number of rotatable bonds is 6. The van der Waals surface area contributed by atoms with Gasteiger partial charge in [0.25, 0.3) is 5.91 Å². The van der Waals surface area contributed by atoms with Crippen LogP contribution in [0.3, 0.4) is 0 Å². The number of aryl methyl sites for hydroxylation is 1. The Labute approximate surface area is 157 Å². The molecule has 0 fully saturated rings. The molecular formula is C17H16N2O3S3. The van der Waals surface area contributed by atoms with Gasteiger partial charge >= 0.3 is 5.97 Å². The van der Waals surface area contributed by atoms with E-state index in [2.05, 4.69) is 4.98 Å². The first-order chi connectivity index (χ1) is 12.0. The van der Waals surface area contributed by atoms with Crippen molar-refractivity contribution < 1.29 is 14.3 Å². The fourth-order valence-electron chi connectivity index (χ4n) is 2.12. The average Bonchev–Trinajstić information content (AvgIpc) is 3.33. The van der Waals surface area contributed by atoms with E-state index < -0.39 is 5.97 Å². The van der Waals surface area contributed by atoms with Gasteiger partial charge in [-0.2, -0.15) is 0 Å². The molecule has 1 amide bonds. The number of hydrogen-bond acceptors (Lipinski definition) is 7. The number of thiazole rings is 1. The van der Waals surface area contributed by atoms with Crippen LogP contribution in [-0.2, 0) is 16.1 Å². The van der Waals surface area contributed by atoms with Gasteiger partial charge in [-0.3, -0.25) is 4.79 Å². The zero-order valence-corrected chi connectivity index (χ0v) is 16.2. The summed E-state index contributed by atoms with van der Waals surface area (Å²) in [6, 6.07) is 7.81. The molecule has 0 aromatic carbocycles. The van der Waals surface area contributed by atoms with E-state index in [9.17, 15) is 9.59 Å². The van der Waals surface area contributed by atoms with Crippen molar-refractivity contribution in [2.45, 2.75) is 13.5 Å². The molecule has 0 radical (unpaired) electrons. The zero-order valence-electron chi connectivity index (χ0n) is 13.7. The van der Waals surface area contributed by atoms with Gasteiger partial charge < -0.3 is 9.64 Å². The van der Waals surface area contributed by atoms with Crippen LogP contribution in [0.1, 0.15) is 20.2 Å². The van der Waals surface area contributed by atoms with Crippen molar-refractivity contribution >= 4 is 45.9 Å². The first-order valence-corrected chi connectivity index (χ1v) is 10.1. The third-order valence-corrected chi connectivity index (χ3v) is 6.48. The molecule has 3 aromatic heterocycles. The number of ether oxygens (including phenoxy) is 1. The third kappa shape index (κ3) is 4.33. The second kappa shape index (κ2) is 7.90. The lowest BCUT2D eigenvalue weighted by Gasteiger charge is -2.15. The summed E-state index contributed by atoms with van der Waals surface area (Å²) >= 11 is 4.45. The molecule has 3 aromatic rings. The average molecular weight is 393 g/mol. The summed E-state index contributed by atoms with van der Waals surface area (Å²) in [4.78, 5) is 32.9. The Balaban J connectivity index is 1.58. The molecule has 0 N–H and O–H groups in total. The monoisotopic (exact) mass is 392 g/mol. The molecule has 0 bridgehead atoms. The van der Waals surface area contributed by atoms with Crippen LogP contribution in [0.15, 0.2) is 35.0 Å². The van der Waals surface area contributed by atoms with E-state index in [-0.39, 0.29) is 12.5 Å².